The van der Waals surface area contributed by atoms with E-state index in [1.54, 1.807) is 17.0 Å². The van der Waals surface area contributed by atoms with Crippen molar-refractivity contribution < 1.29 is 14.3 Å². The van der Waals surface area contributed by atoms with Gasteiger partial charge in [0.15, 0.2) is 0 Å². The quantitative estimate of drug-likeness (QED) is 0.863. The number of nitrogens with one attached hydrogen (secondary N) is 1. The first kappa shape index (κ1) is 16.8. The summed E-state index contributed by atoms with van der Waals surface area (Å²) >= 11 is 0. The fraction of sp³-hybridized carbons (Fsp3) is 0.579. The fourth-order valence-electron chi connectivity index (χ4n) is 3.63. The predicted octanol–water partition coefficient (Wildman–Crippen LogP) is 3.49. The molecule has 0 bridgehead atoms. The zero-order valence-electron chi connectivity index (χ0n) is 14.1. The third-order valence-electron chi connectivity index (χ3n) is 4.94. The number of likely N-dealkylation sites (tertiary alicyclic amines) is 1. The molecule has 2 fully saturated rings. The minimum Gasteiger partial charge on any atom is -0.410 e. The van der Waals surface area contributed by atoms with Gasteiger partial charge in [-0.2, -0.15) is 0 Å². The summed E-state index contributed by atoms with van der Waals surface area (Å²) < 4.78 is 5.40. The van der Waals surface area contributed by atoms with E-state index in [1.165, 1.54) is 25.7 Å². The molecule has 1 N–H and O–H groups in total. The standard InChI is InChI=1S/C19H26N2O3/c22-18(20-15-9-4-1-2-5-10-15)17-13-8-14-21(17)19(23)24-16-11-6-3-7-12-16/h3,6-7,11-12,15,17H,1-2,4-5,8-10,13-14H2,(H,20,22)/t17-/m1/s1. The van der Waals surface area contributed by atoms with Crippen molar-refractivity contribution in [3.05, 3.63) is 30.3 Å². The van der Waals surface area contributed by atoms with Crippen molar-refractivity contribution >= 4 is 12.0 Å². The molecule has 1 aliphatic heterocycles. The number of carbonyl (C=O) groups excluding carboxylic acids is 2. The van der Waals surface area contributed by atoms with Gasteiger partial charge in [0.25, 0.3) is 0 Å². The van der Waals surface area contributed by atoms with E-state index in [1.807, 2.05) is 18.2 Å². The second-order valence-corrected chi connectivity index (χ2v) is 6.73. The molecule has 2 amide bonds. The summed E-state index contributed by atoms with van der Waals surface area (Å²) in [5, 5.41) is 3.16. The van der Waals surface area contributed by atoms with Gasteiger partial charge in [0.2, 0.25) is 5.91 Å². The molecular formula is C19H26N2O3. The Kier molecular flexibility index (Phi) is 5.72. The molecule has 0 aromatic heterocycles. The molecule has 1 atom stereocenters. The van der Waals surface area contributed by atoms with E-state index >= 15 is 0 Å². The lowest BCUT2D eigenvalue weighted by Crippen LogP contribution is -2.49. The number of benzene rings is 1. The van der Waals surface area contributed by atoms with Crippen LogP contribution in [0.1, 0.15) is 51.4 Å². The Hall–Kier alpha value is -2.04. The number of ether oxygens (including phenoxy) is 1. The van der Waals surface area contributed by atoms with Crippen LogP contribution in [0.25, 0.3) is 0 Å². The Morgan fingerprint density at radius 2 is 1.67 bits per heavy atom. The Morgan fingerprint density at radius 1 is 0.958 bits per heavy atom. The molecule has 2 aliphatic rings. The average Bonchev–Trinajstić information content (AvgIpc) is 2.95. The minimum absolute atomic E-state index is 0.0237. The van der Waals surface area contributed by atoms with Crippen molar-refractivity contribution in [2.45, 2.75) is 63.5 Å². The summed E-state index contributed by atoms with van der Waals surface area (Å²) in [6, 6.07) is 8.86. The van der Waals surface area contributed by atoms with Crippen LogP contribution in [0.15, 0.2) is 30.3 Å². The van der Waals surface area contributed by atoms with Crippen LogP contribution >= 0.6 is 0 Å². The molecule has 1 aliphatic carbocycles. The van der Waals surface area contributed by atoms with Crippen molar-refractivity contribution in [3.63, 3.8) is 0 Å². The van der Waals surface area contributed by atoms with Gasteiger partial charge in [0, 0.05) is 12.6 Å². The van der Waals surface area contributed by atoms with Gasteiger partial charge >= 0.3 is 6.09 Å². The lowest BCUT2D eigenvalue weighted by molar-refractivity contribution is -0.125. The Balaban J connectivity index is 1.57. The van der Waals surface area contributed by atoms with Gasteiger partial charge in [-0.15, -0.1) is 0 Å². The molecule has 0 spiro atoms. The minimum atomic E-state index is -0.431. The van der Waals surface area contributed by atoms with Crippen LogP contribution in [-0.4, -0.2) is 35.5 Å². The molecule has 130 valence electrons. The van der Waals surface area contributed by atoms with Crippen LogP contribution in [-0.2, 0) is 4.79 Å². The van der Waals surface area contributed by atoms with Gasteiger partial charge in [-0.1, -0.05) is 43.9 Å². The number of rotatable bonds is 3. The normalized spacial score (nSPS) is 22.0. The van der Waals surface area contributed by atoms with Gasteiger partial charge < -0.3 is 10.1 Å². The molecular weight excluding hydrogens is 304 g/mol. The number of nitrogens with zero attached hydrogens (tertiary/aromatic N) is 1. The fourth-order valence-corrected chi connectivity index (χ4v) is 3.63. The highest BCUT2D eigenvalue weighted by atomic mass is 16.6. The SMILES string of the molecule is O=C(NC1CCCCCC1)[C@H]1CCCN1C(=O)Oc1ccccc1. The lowest BCUT2D eigenvalue weighted by Gasteiger charge is -2.25. The van der Waals surface area contributed by atoms with Crippen LogP contribution in [0, 0.1) is 0 Å². The van der Waals surface area contributed by atoms with Crippen molar-refractivity contribution in [1.29, 1.82) is 0 Å². The number of carbonyl (C=O) groups is 2. The topological polar surface area (TPSA) is 58.6 Å². The summed E-state index contributed by atoms with van der Waals surface area (Å²) in [4.78, 5) is 26.6. The van der Waals surface area contributed by atoms with E-state index in [-0.39, 0.29) is 11.9 Å². The van der Waals surface area contributed by atoms with E-state index < -0.39 is 12.1 Å². The molecule has 1 aromatic rings. The van der Waals surface area contributed by atoms with E-state index in [2.05, 4.69) is 5.32 Å². The molecule has 1 heterocycles. The van der Waals surface area contributed by atoms with Crippen LogP contribution in [0.5, 0.6) is 5.75 Å². The highest BCUT2D eigenvalue weighted by Crippen LogP contribution is 2.22. The largest absolute Gasteiger partial charge is 0.415 e. The van der Waals surface area contributed by atoms with E-state index in [9.17, 15) is 9.59 Å². The van der Waals surface area contributed by atoms with Crippen molar-refractivity contribution in [3.8, 4) is 5.75 Å². The molecule has 1 saturated heterocycles. The smallest absolute Gasteiger partial charge is 0.410 e. The Morgan fingerprint density at radius 3 is 2.38 bits per heavy atom. The van der Waals surface area contributed by atoms with Crippen LogP contribution in [0.3, 0.4) is 0 Å². The first-order valence-corrected chi connectivity index (χ1v) is 9.08. The number of hydrogen-bond acceptors (Lipinski definition) is 3. The monoisotopic (exact) mass is 330 g/mol. The molecule has 24 heavy (non-hydrogen) atoms. The highest BCUT2D eigenvalue weighted by molar-refractivity contribution is 5.86. The van der Waals surface area contributed by atoms with Gasteiger partial charge in [-0.05, 0) is 37.8 Å². The summed E-state index contributed by atoms with van der Waals surface area (Å²) in [7, 11) is 0. The number of para-hydroxylation sites is 1. The van der Waals surface area contributed by atoms with Crippen molar-refractivity contribution in [2.24, 2.45) is 0 Å². The van der Waals surface area contributed by atoms with Gasteiger partial charge in [-0.25, -0.2) is 4.79 Å². The maximum Gasteiger partial charge on any atom is 0.415 e. The molecule has 5 nitrogen and oxygen atoms in total. The first-order chi connectivity index (χ1) is 11.7. The Labute approximate surface area is 143 Å². The maximum absolute atomic E-state index is 12.6. The molecule has 0 unspecified atom stereocenters. The third kappa shape index (κ3) is 4.28. The van der Waals surface area contributed by atoms with Gasteiger partial charge in [0.1, 0.15) is 11.8 Å². The predicted molar refractivity (Wildman–Crippen MR) is 91.8 cm³/mol. The molecule has 3 rings (SSSR count). The van der Waals surface area contributed by atoms with Crippen LogP contribution in [0.2, 0.25) is 0 Å². The summed E-state index contributed by atoms with van der Waals surface area (Å²) in [5.41, 5.74) is 0. The summed E-state index contributed by atoms with van der Waals surface area (Å²) in [6.07, 6.45) is 8.08. The maximum atomic E-state index is 12.6. The first-order valence-electron chi connectivity index (χ1n) is 9.08. The van der Waals surface area contributed by atoms with E-state index in [0.717, 1.165) is 19.3 Å². The van der Waals surface area contributed by atoms with Crippen LogP contribution < -0.4 is 10.1 Å². The third-order valence-corrected chi connectivity index (χ3v) is 4.94. The highest BCUT2D eigenvalue weighted by Gasteiger charge is 2.36. The molecule has 1 saturated carbocycles. The van der Waals surface area contributed by atoms with E-state index in [0.29, 0.717) is 18.7 Å². The molecule has 1 aromatic carbocycles. The van der Waals surface area contributed by atoms with Crippen molar-refractivity contribution in [1.82, 2.24) is 10.2 Å². The number of amides is 2. The summed E-state index contributed by atoms with van der Waals surface area (Å²) in [5.74, 6) is 0.488. The molecule has 0 radical (unpaired) electrons. The van der Waals surface area contributed by atoms with Gasteiger partial charge in [0.05, 0.1) is 0 Å². The van der Waals surface area contributed by atoms with Crippen molar-refractivity contribution in [2.75, 3.05) is 6.54 Å². The van der Waals surface area contributed by atoms with Gasteiger partial charge in [-0.3, -0.25) is 9.69 Å². The second-order valence-electron chi connectivity index (χ2n) is 6.73. The van der Waals surface area contributed by atoms with E-state index in [4.69, 9.17) is 4.74 Å². The average molecular weight is 330 g/mol. The number of hydrogen-bond donors (Lipinski definition) is 1. The lowest BCUT2D eigenvalue weighted by atomic mass is 10.1. The second kappa shape index (κ2) is 8.18. The summed E-state index contributed by atoms with van der Waals surface area (Å²) in [6.45, 7) is 0.578. The zero-order chi connectivity index (χ0) is 16.8. The van der Waals surface area contributed by atoms with Crippen LogP contribution in [0.4, 0.5) is 4.79 Å². The Bertz CT molecular complexity index is 553. The zero-order valence-corrected chi connectivity index (χ0v) is 14.1. The molecule has 5 heteroatoms.